The van der Waals surface area contributed by atoms with E-state index >= 15 is 0 Å². The van der Waals surface area contributed by atoms with Crippen LogP contribution in [0, 0.1) is 0 Å². The maximum Gasteiger partial charge on any atom is 0.488 e. The molecule has 14 heavy (non-hydrogen) atoms. The van der Waals surface area contributed by atoms with Crippen LogP contribution in [-0.2, 0) is 0 Å². The van der Waals surface area contributed by atoms with Crippen molar-refractivity contribution in [3.8, 4) is 0 Å². The largest absolute Gasteiger partial charge is 0.488 e. The van der Waals surface area contributed by atoms with Gasteiger partial charge in [0.1, 0.15) is 0 Å². The highest BCUT2D eigenvalue weighted by Crippen LogP contribution is 2.02. The zero-order valence-electron chi connectivity index (χ0n) is 7.14. The molecule has 0 aliphatic carbocycles. The standard InChI is InChI=1S/C8H7BN2O3/c12-8-6-2-1-5(9(13)14)3-7(6)10-4-11-8/h1-4,13-14H,(H,10,11,12). The third-order valence-corrected chi connectivity index (χ3v) is 1.96. The van der Waals surface area contributed by atoms with Crippen LogP contribution in [0.5, 0.6) is 0 Å². The fraction of sp³-hybridized carbons (Fsp3) is 0. The summed E-state index contributed by atoms with van der Waals surface area (Å²) in [5.74, 6) is 0. The molecule has 0 aliphatic rings. The zero-order chi connectivity index (χ0) is 10.1. The lowest BCUT2D eigenvalue weighted by molar-refractivity contribution is 0.426. The molecule has 0 saturated heterocycles. The minimum Gasteiger partial charge on any atom is -0.423 e. The zero-order valence-corrected chi connectivity index (χ0v) is 7.14. The first kappa shape index (κ1) is 8.92. The van der Waals surface area contributed by atoms with Crippen molar-refractivity contribution in [1.29, 1.82) is 0 Å². The lowest BCUT2D eigenvalue weighted by Crippen LogP contribution is -2.29. The molecule has 6 heteroatoms. The van der Waals surface area contributed by atoms with E-state index in [0.717, 1.165) is 0 Å². The second-order valence-electron chi connectivity index (χ2n) is 2.88. The second kappa shape index (κ2) is 3.24. The van der Waals surface area contributed by atoms with E-state index in [1.165, 1.54) is 24.5 Å². The van der Waals surface area contributed by atoms with Gasteiger partial charge in [0.25, 0.3) is 5.56 Å². The Balaban J connectivity index is 2.74. The molecule has 0 saturated carbocycles. The first-order valence-electron chi connectivity index (χ1n) is 4.02. The molecule has 0 spiro atoms. The van der Waals surface area contributed by atoms with Crippen molar-refractivity contribution in [3.63, 3.8) is 0 Å². The van der Waals surface area contributed by atoms with Crippen LogP contribution in [-0.4, -0.2) is 27.1 Å². The molecule has 0 bridgehead atoms. The smallest absolute Gasteiger partial charge is 0.423 e. The molecule has 2 rings (SSSR count). The Labute approximate surface area is 79.2 Å². The number of nitrogens with one attached hydrogen (secondary N) is 1. The molecule has 1 aromatic heterocycles. The predicted molar refractivity (Wildman–Crippen MR) is 52.2 cm³/mol. The van der Waals surface area contributed by atoms with Crippen molar-refractivity contribution in [2.45, 2.75) is 0 Å². The second-order valence-corrected chi connectivity index (χ2v) is 2.88. The van der Waals surface area contributed by atoms with Gasteiger partial charge in [-0.15, -0.1) is 0 Å². The summed E-state index contributed by atoms with van der Waals surface area (Å²) < 4.78 is 0. The van der Waals surface area contributed by atoms with E-state index in [-0.39, 0.29) is 5.56 Å². The van der Waals surface area contributed by atoms with Gasteiger partial charge in [0, 0.05) is 0 Å². The van der Waals surface area contributed by atoms with Gasteiger partial charge in [-0.3, -0.25) is 4.79 Å². The van der Waals surface area contributed by atoms with Crippen LogP contribution in [0.25, 0.3) is 10.9 Å². The molecule has 0 aliphatic heterocycles. The maximum atomic E-state index is 11.2. The van der Waals surface area contributed by atoms with Crippen LogP contribution in [0.2, 0.25) is 0 Å². The van der Waals surface area contributed by atoms with Crippen LogP contribution in [0.15, 0.2) is 29.3 Å². The summed E-state index contributed by atoms with van der Waals surface area (Å²) in [7, 11) is -1.54. The Morgan fingerprint density at radius 3 is 2.86 bits per heavy atom. The molecule has 1 heterocycles. The quantitative estimate of drug-likeness (QED) is 0.483. The molecule has 2 aromatic rings. The van der Waals surface area contributed by atoms with E-state index in [9.17, 15) is 4.79 Å². The van der Waals surface area contributed by atoms with Gasteiger partial charge >= 0.3 is 7.12 Å². The van der Waals surface area contributed by atoms with Crippen molar-refractivity contribution in [2.75, 3.05) is 0 Å². The number of hydrogen-bond acceptors (Lipinski definition) is 4. The van der Waals surface area contributed by atoms with E-state index in [4.69, 9.17) is 10.0 Å². The Bertz CT molecular complexity index is 523. The number of hydrogen-bond donors (Lipinski definition) is 3. The third kappa shape index (κ3) is 1.41. The summed E-state index contributed by atoms with van der Waals surface area (Å²) >= 11 is 0. The summed E-state index contributed by atoms with van der Waals surface area (Å²) in [6, 6.07) is 4.45. The van der Waals surface area contributed by atoms with E-state index in [1.807, 2.05) is 0 Å². The van der Waals surface area contributed by atoms with Gasteiger partial charge < -0.3 is 15.0 Å². The molecule has 70 valence electrons. The summed E-state index contributed by atoms with van der Waals surface area (Å²) in [4.78, 5) is 17.6. The number of aromatic amines is 1. The van der Waals surface area contributed by atoms with Crippen LogP contribution in [0.3, 0.4) is 0 Å². The van der Waals surface area contributed by atoms with Crippen molar-refractivity contribution < 1.29 is 10.0 Å². The first-order valence-corrected chi connectivity index (χ1v) is 4.02. The van der Waals surface area contributed by atoms with Crippen LogP contribution in [0.4, 0.5) is 0 Å². The van der Waals surface area contributed by atoms with Crippen molar-refractivity contribution >= 4 is 23.5 Å². The Hall–Kier alpha value is -1.66. The van der Waals surface area contributed by atoms with Crippen LogP contribution < -0.4 is 11.0 Å². The molecule has 0 fully saturated rings. The number of H-pyrrole nitrogens is 1. The Kier molecular flexibility index (Phi) is 2.07. The number of fused-ring (bicyclic) bond motifs is 1. The monoisotopic (exact) mass is 190 g/mol. The van der Waals surface area contributed by atoms with Gasteiger partial charge in [0.05, 0.1) is 17.2 Å². The molecule has 3 N–H and O–H groups in total. The molecule has 0 unspecified atom stereocenters. The minimum absolute atomic E-state index is 0.242. The summed E-state index contributed by atoms with van der Waals surface area (Å²) in [6.45, 7) is 0. The molecular formula is C8H7BN2O3. The van der Waals surface area contributed by atoms with Crippen LogP contribution >= 0.6 is 0 Å². The van der Waals surface area contributed by atoms with E-state index < -0.39 is 7.12 Å². The SMILES string of the molecule is O=c1[nH]cnc2cc(B(O)O)ccc12. The number of aromatic nitrogens is 2. The molecule has 0 radical (unpaired) electrons. The molecule has 0 amide bonds. The van der Waals surface area contributed by atoms with Gasteiger partial charge in [-0.1, -0.05) is 6.07 Å². The lowest BCUT2D eigenvalue weighted by Gasteiger charge is -2.00. The topological polar surface area (TPSA) is 86.2 Å². The molecule has 0 atom stereocenters. The average Bonchev–Trinajstić information content (AvgIpc) is 2.17. The number of rotatable bonds is 1. The highest BCUT2D eigenvalue weighted by Gasteiger charge is 2.11. The van der Waals surface area contributed by atoms with E-state index in [0.29, 0.717) is 16.4 Å². The predicted octanol–water partition coefficient (Wildman–Crippen LogP) is -1.40. The normalized spacial score (nSPS) is 10.4. The third-order valence-electron chi connectivity index (χ3n) is 1.96. The van der Waals surface area contributed by atoms with E-state index in [2.05, 4.69) is 9.97 Å². The molecule has 5 nitrogen and oxygen atoms in total. The maximum absolute atomic E-state index is 11.2. The minimum atomic E-state index is -1.54. The van der Waals surface area contributed by atoms with Gasteiger partial charge in [0.2, 0.25) is 0 Å². The van der Waals surface area contributed by atoms with Gasteiger partial charge in [-0.25, -0.2) is 4.98 Å². The summed E-state index contributed by atoms with van der Waals surface area (Å²) in [5.41, 5.74) is 0.518. The number of benzene rings is 1. The van der Waals surface area contributed by atoms with Crippen molar-refractivity contribution in [2.24, 2.45) is 0 Å². The molecule has 1 aromatic carbocycles. The van der Waals surface area contributed by atoms with Crippen molar-refractivity contribution in [3.05, 3.63) is 34.9 Å². The highest BCUT2D eigenvalue weighted by molar-refractivity contribution is 6.58. The Morgan fingerprint density at radius 2 is 2.14 bits per heavy atom. The van der Waals surface area contributed by atoms with Gasteiger partial charge in [-0.2, -0.15) is 0 Å². The lowest BCUT2D eigenvalue weighted by atomic mass is 9.80. The van der Waals surface area contributed by atoms with Gasteiger partial charge in [-0.05, 0) is 17.6 Å². The molecular weight excluding hydrogens is 183 g/mol. The summed E-state index contributed by atoms with van der Waals surface area (Å²) in [5, 5.41) is 18.2. The Morgan fingerprint density at radius 1 is 1.36 bits per heavy atom. The number of nitrogens with zero attached hydrogens (tertiary/aromatic N) is 1. The first-order chi connectivity index (χ1) is 6.68. The van der Waals surface area contributed by atoms with E-state index in [1.54, 1.807) is 0 Å². The summed E-state index contributed by atoms with van der Waals surface area (Å²) in [6.07, 6.45) is 1.28. The van der Waals surface area contributed by atoms with Crippen LogP contribution in [0.1, 0.15) is 0 Å². The highest BCUT2D eigenvalue weighted by atomic mass is 16.4. The van der Waals surface area contributed by atoms with Gasteiger partial charge in [0.15, 0.2) is 0 Å². The fourth-order valence-electron chi connectivity index (χ4n) is 1.25. The van der Waals surface area contributed by atoms with Crippen molar-refractivity contribution in [1.82, 2.24) is 9.97 Å². The average molecular weight is 190 g/mol. The fourth-order valence-corrected chi connectivity index (χ4v) is 1.25.